The van der Waals surface area contributed by atoms with Crippen molar-refractivity contribution in [3.63, 3.8) is 0 Å². The largest absolute Gasteiger partial charge is 0.480 e. The highest BCUT2D eigenvalue weighted by molar-refractivity contribution is 5.83. The molecule has 30 heavy (non-hydrogen) atoms. The number of unbranched alkanes of at least 4 members (excludes halogenated alkanes) is 3. The number of H-pyrrole nitrogens is 1. The van der Waals surface area contributed by atoms with Gasteiger partial charge in [0.05, 0.1) is 5.69 Å². The van der Waals surface area contributed by atoms with E-state index >= 15 is 0 Å². The lowest BCUT2D eigenvalue weighted by Gasteiger charge is -2.27. The molecule has 3 aromatic rings. The number of carboxylic acids is 1. The highest BCUT2D eigenvalue weighted by Gasteiger charge is 2.31. The van der Waals surface area contributed by atoms with Crippen molar-refractivity contribution in [1.82, 2.24) is 26.0 Å². The first-order valence-electron chi connectivity index (χ1n) is 10.4. The summed E-state index contributed by atoms with van der Waals surface area (Å²) in [6.07, 6.45) is 4.88. The number of anilines is 1. The van der Waals surface area contributed by atoms with Gasteiger partial charge in [-0.05, 0) is 40.5 Å². The molecule has 2 aromatic carbocycles. The molecule has 1 aliphatic rings. The van der Waals surface area contributed by atoms with Crippen LogP contribution < -0.4 is 10.4 Å². The fourth-order valence-electron chi connectivity index (χ4n) is 4.00. The number of aromatic nitrogens is 4. The molecular formula is C22H26N6O2. The first-order valence-corrected chi connectivity index (χ1v) is 10.4. The van der Waals surface area contributed by atoms with Gasteiger partial charge in [-0.15, -0.1) is 10.2 Å². The Morgan fingerprint density at radius 3 is 2.73 bits per heavy atom. The second-order valence-electron chi connectivity index (χ2n) is 7.53. The number of rotatable bonds is 9. The van der Waals surface area contributed by atoms with Gasteiger partial charge >= 0.3 is 5.97 Å². The van der Waals surface area contributed by atoms with E-state index in [4.69, 9.17) is 0 Å². The molecule has 4 rings (SSSR count). The van der Waals surface area contributed by atoms with Crippen LogP contribution in [0.3, 0.4) is 0 Å². The van der Waals surface area contributed by atoms with E-state index in [2.05, 4.69) is 39.0 Å². The molecule has 0 amide bonds. The van der Waals surface area contributed by atoms with Crippen molar-refractivity contribution in [1.29, 1.82) is 0 Å². The first kappa shape index (κ1) is 20.0. The second-order valence-corrected chi connectivity index (χ2v) is 7.53. The van der Waals surface area contributed by atoms with Crippen LogP contribution in [-0.2, 0) is 11.3 Å². The zero-order valence-electron chi connectivity index (χ0n) is 17.0. The normalized spacial score (nSPS) is 14.0. The predicted molar refractivity (Wildman–Crippen MR) is 115 cm³/mol. The van der Waals surface area contributed by atoms with Gasteiger partial charge < -0.3 is 5.11 Å². The lowest BCUT2D eigenvalue weighted by atomic mass is 9.97. The maximum atomic E-state index is 11.9. The van der Waals surface area contributed by atoms with Gasteiger partial charge in [-0.1, -0.05) is 62.9 Å². The third-order valence-electron chi connectivity index (χ3n) is 5.53. The molecule has 0 saturated carbocycles. The third kappa shape index (κ3) is 4.04. The van der Waals surface area contributed by atoms with E-state index in [1.54, 1.807) is 0 Å². The smallest absolute Gasteiger partial charge is 0.327 e. The number of aromatic amines is 1. The minimum Gasteiger partial charge on any atom is -0.480 e. The summed E-state index contributed by atoms with van der Waals surface area (Å²) in [6, 6.07) is 13.5. The molecule has 1 unspecified atom stereocenters. The van der Waals surface area contributed by atoms with Crippen LogP contribution in [0.15, 0.2) is 42.5 Å². The van der Waals surface area contributed by atoms with E-state index < -0.39 is 12.0 Å². The molecule has 8 nitrogen and oxygen atoms in total. The summed E-state index contributed by atoms with van der Waals surface area (Å²) in [6.45, 7) is 2.76. The molecule has 1 atom stereocenters. The molecule has 0 bridgehead atoms. The monoisotopic (exact) mass is 406 g/mol. The molecule has 0 radical (unpaired) electrons. The highest BCUT2D eigenvalue weighted by atomic mass is 16.4. The number of aliphatic carboxylic acids is 1. The summed E-state index contributed by atoms with van der Waals surface area (Å²) in [5.41, 5.74) is 8.23. The fraction of sp³-hybridized carbons (Fsp3) is 0.364. The zero-order valence-corrected chi connectivity index (χ0v) is 17.0. The summed E-state index contributed by atoms with van der Waals surface area (Å²) in [7, 11) is 0. The average molecular weight is 406 g/mol. The molecule has 0 fully saturated rings. The Hall–Kier alpha value is -3.26. The molecule has 3 N–H and O–H groups in total. The minimum atomic E-state index is -0.793. The average Bonchev–Trinajstić information content (AvgIpc) is 3.43. The Bertz CT molecular complexity index is 1000. The van der Waals surface area contributed by atoms with E-state index in [9.17, 15) is 9.90 Å². The number of hydrazine groups is 1. The van der Waals surface area contributed by atoms with Crippen LogP contribution in [0, 0.1) is 0 Å². The van der Waals surface area contributed by atoms with Gasteiger partial charge in [0.25, 0.3) is 0 Å². The zero-order chi connectivity index (χ0) is 20.9. The van der Waals surface area contributed by atoms with Crippen molar-refractivity contribution in [2.45, 2.75) is 51.6 Å². The van der Waals surface area contributed by atoms with Crippen molar-refractivity contribution in [2.75, 3.05) is 5.01 Å². The number of fused-ring (bicyclic) bond motifs is 1. The highest BCUT2D eigenvalue weighted by Crippen LogP contribution is 2.35. The van der Waals surface area contributed by atoms with Crippen LogP contribution in [-0.4, -0.2) is 37.7 Å². The molecular weight excluding hydrogens is 380 g/mol. The first-order chi connectivity index (χ1) is 14.7. The van der Waals surface area contributed by atoms with Gasteiger partial charge in [-0.2, -0.15) is 5.21 Å². The lowest BCUT2D eigenvalue weighted by molar-refractivity contribution is -0.139. The Morgan fingerprint density at radius 1 is 1.17 bits per heavy atom. The SMILES string of the molecule is CCCCCCC(C(=O)O)N1NCc2cc(-c3ccccc3-c3nn[nH]n3)ccc21. The van der Waals surface area contributed by atoms with Crippen molar-refractivity contribution in [3.8, 4) is 22.5 Å². The molecule has 8 heteroatoms. The number of carboxylic acid groups (broad SMARTS) is 1. The molecule has 156 valence electrons. The molecule has 0 spiro atoms. The van der Waals surface area contributed by atoms with Gasteiger partial charge in [0, 0.05) is 12.1 Å². The number of carbonyl (C=O) groups is 1. The Balaban J connectivity index is 1.60. The quantitative estimate of drug-likeness (QED) is 0.464. The van der Waals surface area contributed by atoms with E-state index in [1.807, 2.05) is 41.4 Å². The molecule has 1 aliphatic heterocycles. The topological polar surface area (TPSA) is 107 Å². The van der Waals surface area contributed by atoms with Crippen LogP contribution in [0.1, 0.15) is 44.6 Å². The Labute approximate surface area is 175 Å². The summed E-state index contributed by atoms with van der Waals surface area (Å²) in [5.74, 6) is -0.248. The standard InChI is InChI=1S/C22H26N6O2/c1-2-3-4-5-10-20(22(29)30)28-19-12-11-15(13-16(19)14-23-28)17-8-6-7-9-18(17)21-24-26-27-25-21/h6-9,11-13,20,23H,2-5,10,14H2,1H3,(H,29,30)(H,24,25,26,27). The maximum Gasteiger partial charge on any atom is 0.327 e. The maximum absolute atomic E-state index is 11.9. The number of benzene rings is 2. The summed E-state index contributed by atoms with van der Waals surface area (Å²) < 4.78 is 0. The third-order valence-corrected chi connectivity index (χ3v) is 5.53. The van der Waals surface area contributed by atoms with E-state index in [0.717, 1.165) is 53.6 Å². The van der Waals surface area contributed by atoms with E-state index in [-0.39, 0.29) is 0 Å². The lowest BCUT2D eigenvalue weighted by Crippen LogP contribution is -2.46. The number of hydrogen-bond acceptors (Lipinski definition) is 6. The van der Waals surface area contributed by atoms with Gasteiger partial charge in [0.15, 0.2) is 0 Å². The number of nitrogens with one attached hydrogen (secondary N) is 2. The van der Waals surface area contributed by atoms with Crippen LogP contribution in [0.25, 0.3) is 22.5 Å². The van der Waals surface area contributed by atoms with Gasteiger partial charge in [-0.25, -0.2) is 10.2 Å². The van der Waals surface area contributed by atoms with Crippen molar-refractivity contribution >= 4 is 11.7 Å². The summed E-state index contributed by atoms with van der Waals surface area (Å²) >= 11 is 0. The van der Waals surface area contributed by atoms with Crippen molar-refractivity contribution in [2.24, 2.45) is 0 Å². The van der Waals surface area contributed by atoms with Gasteiger partial charge in [0.2, 0.25) is 5.82 Å². The van der Waals surface area contributed by atoms with Crippen LogP contribution in [0.4, 0.5) is 5.69 Å². The van der Waals surface area contributed by atoms with Crippen LogP contribution in [0.2, 0.25) is 0 Å². The number of tetrazole rings is 1. The van der Waals surface area contributed by atoms with E-state index in [0.29, 0.717) is 18.8 Å². The fourth-order valence-corrected chi connectivity index (χ4v) is 4.00. The summed E-state index contributed by atoms with van der Waals surface area (Å²) in [5, 5.41) is 26.0. The van der Waals surface area contributed by atoms with Gasteiger partial charge in [-0.3, -0.25) is 5.01 Å². The molecule has 1 aromatic heterocycles. The Kier molecular flexibility index (Phi) is 6.04. The van der Waals surface area contributed by atoms with Crippen molar-refractivity contribution < 1.29 is 9.90 Å². The minimum absolute atomic E-state index is 0.545. The second kappa shape index (κ2) is 9.04. The van der Waals surface area contributed by atoms with Crippen molar-refractivity contribution in [3.05, 3.63) is 48.0 Å². The number of hydrogen-bond donors (Lipinski definition) is 3. The van der Waals surface area contributed by atoms with Gasteiger partial charge in [0.1, 0.15) is 6.04 Å². The van der Waals surface area contributed by atoms with Crippen LogP contribution in [0.5, 0.6) is 0 Å². The molecule has 2 heterocycles. The summed E-state index contributed by atoms with van der Waals surface area (Å²) in [4.78, 5) is 11.9. The van der Waals surface area contributed by atoms with E-state index in [1.165, 1.54) is 0 Å². The predicted octanol–water partition coefficient (Wildman–Crippen LogP) is 3.78. The molecule has 0 saturated heterocycles. The Morgan fingerprint density at radius 2 is 2.00 bits per heavy atom. The number of nitrogens with zero attached hydrogens (tertiary/aromatic N) is 4. The van der Waals surface area contributed by atoms with Crippen LogP contribution >= 0.6 is 0 Å². The molecule has 0 aliphatic carbocycles.